The molecule has 0 saturated carbocycles. The van der Waals surface area contributed by atoms with Crippen LogP contribution < -0.4 is 4.74 Å². The molecule has 0 saturated heterocycles. The van der Waals surface area contributed by atoms with Crippen molar-refractivity contribution in [2.45, 2.75) is 33.3 Å². The van der Waals surface area contributed by atoms with E-state index in [0.29, 0.717) is 27.7 Å². The van der Waals surface area contributed by atoms with Crippen molar-refractivity contribution in [3.8, 4) is 5.75 Å². The number of carbonyl (C=O) groups is 2. The topological polar surface area (TPSA) is 85.2 Å². The Morgan fingerprint density at radius 3 is 2.34 bits per heavy atom. The maximum Gasteiger partial charge on any atom is 0.344 e. The zero-order valence-corrected chi connectivity index (χ0v) is 22.0. The van der Waals surface area contributed by atoms with Gasteiger partial charge < -0.3 is 14.6 Å². The first kappa shape index (κ1) is 27.1. The number of benzene rings is 2. The van der Waals surface area contributed by atoms with E-state index in [0.717, 1.165) is 17.3 Å². The molecule has 1 amide bonds. The number of esters is 1. The number of aliphatic hydroxyl groups excluding tert-OH is 1. The van der Waals surface area contributed by atoms with E-state index in [-0.39, 0.29) is 52.0 Å². The first-order valence-electron chi connectivity index (χ1n) is 10.7. The molecule has 0 aliphatic carbocycles. The zero-order chi connectivity index (χ0) is 25.5. The van der Waals surface area contributed by atoms with Crippen molar-refractivity contribution in [2.24, 2.45) is 4.99 Å². The van der Waals surface area contributed by atoms with Gasteiger partial charge in [-0.3, -0.25) is 4.79 Å². The van der Waals surface area contributed by atoms with Gasteiger partial charge in [0.1, 0.15) is 23.0 Å². The molecule has 1 N–H and O–H groups in total. The number of amides is 1. The largest absolute Gasteiger partial charge is 0.506 e. The maximum atomic E-state index is 12.4. The Bertz CT molecular complexity index is 1200. The molecule has 10 heteroatoms. The molecular formula is C25H22Cl3NO5S. The van der Waals surface area contributed by atoms with Gasteiger partial charge in [-0.25, -0.2) is 9.79 Å². The number of nitrogens with zero attached hydrogens (tertiary/aromatic N) is 1. The van der Waals surface area contributed by atoms with E-state index in [1.54, 1.807) is 37.3 Å². The van der Waals surface area contributed by atoms with E-state index < -0.39 is 5.97 Å². The Hall–Kier alpha value is -2.45. The van der Waals surface area contributed by atoms with Crippen molar-refractivity contribution in [3.63, 3.8) is 0 Å². The molecule has 0 unspecified atom stereocenters. The molecule has 0 bridgehead atoms. The molecule has 0 fully saturated rings. The number of aliphatic hydroxyl groups is 1. The van der Waals surface area contributed by atoms with Gasteiger partial charge in [0.25, 0.3) is 0 Å². The summed E-state index contributed by atoms with van der Waals surface area (Å²) in [6.07, 6.45) is 2.42. The summed E-state index contributed by atoms with van der Waals surface area (Å²) in [7, 11) is 0. The molecule has 0 atom stereocenters. The van der Waals surface area contributed by atoms with E-state index in [1.807, 2.05) is 19.1 Å². The van der Waals surface area contributed by atoms with Crippen molar-refractivity contribution in [1.29, 1.82) is 0 Å². The highest BCUT2D eigenvalue weighted by Crippen LogP contribution is 2.41. The summed E-state index contributed by atoms with van der Waals surface area (Å²) in [5.41, 5.74) is 1.30. The number of aliphatic imine (C=N–C) groups is 1. The Balaban J connectivity index is 1.88. The molecule has 3 rings (SSSR count). The smallest absolute Gasteiger partial charge is 0.344 e. The standard InChI is InChI=1S/C25H22Cl3NO5S/c1-3-5-20(30)29-24-21(25(32)33-4-2)22(31)19(35-24)12-15-10-17(27)23(18(28)11-15)34-13-14-6-8-16(26)9-7-14/h6-12,31H,3-5,13H2,1-2H3/b19-12-,29-24?. The summed E-state index contributed by atoms with van der Waals surface area (Å²) in [5, 5.41) is 12.0. The van der Waals surface area contributed by atoms with Crippen LogP contribution in [0.15, 0.2) is 57.6 Å². The minimum atomic E-state index is -0.758. The number of thioether (sulfide) groups is 1. The van der Waals surface area contributed by atoms with Crippen LogP contribution in [0.5, 0.6) is 5.75 Å². The second-order valence-electron chi connectivity index (χ2n) is 7.34. The fourth-order valence-electron chi connectivity index (χ4n) is 3.06. The molecule has 1 heterocycles. The normalized spacial score (nSPS) is 15.7. The Labute approximate surface area is 222 Å². The van der Waals surface area contributed by atoms with Crippen molar-refractivity contribution in [3.05, 3.63) is 78.8 Å². The predicted octanol–water partition coefficient (Wildman–Crippen LogP) is 7.41. The summed E-state index contributed by atoms with van der Waals surface area (Å²) >= 11 is 19.7. The Kier molecular flexibility index (Phi) is 9.69. The fourth-order valence-corrected chi connectivity index (χ4v) is 4.83. The lowest BCUT2D eigenvalue weighted by Crippen LogP contribution is -2.14. The number of carbonyl (C=O) groups excluding carboxylic acids is 2. The third kappa shape index (κ3) is 7.04. The highest BCUT2D eigenvalue weighted by atomic mass is 35.5. The first-order chi connectivity index (χ1) is 16.7. The van der Waals surface area contributed by atoms with Gasteiger partial charge in [-0.05, 0) is 54.8 Å². The molecular weight excluding hydrogens is 533 g/mol. The van der Waals surface area contributed by atoms with Crippen LogP contribution in [0, 0.1) is 0 Å². The predicted molar refractivity (Wildman–Crippen MR) is 141 cm³/mol. The van der Waals surface area contributed by atoms with Crippen LogP contribution in [-0.2, 0) is 20.9 Å². The molecule has 1 aliphatic rings. The van der Waals surface area contributed by atoms with Gasteiger partial charge in [-0.15, -0.1) is 0 Å². The molecule has 1 aliphatic heterocycles. The molecule has 0 aromatic heterocycles. The first-order valence-corrected chi connectivity index (χ1v) is 12.7. The van der Waals surface area contributed by atoms with Crippen LogP contribution in [0.3, 0.4) is 0 Å². The molecule has 6 nitrogen and oxygen atoms in total. The lowest BCUT2D eigenvalue weighted by Gasteiger charge is -2.11. The van der Waals surface area contributed by atoms with Gasteiger partial charge in [0.2, 0.25) is 5.91 Å². The Morgan fingerprint density at radius 1 is 1.09 bits per heavy atom. The average molecular weight is 555 g/mol. The van der Waals surface area contributed by atoms with Crippen LogP contribution in [0.2, 0.25) is 15.1 Å². The van der Waals surface area contributed by atoms with Gasteiger partial charge in [-0.1, -0.05) is 65.6 Å². The van der Waals surface area contributed by atoms with Crippen LogP contribution >= 0.6 is 46.6 Å². The van der Waals surface area contributed by atoms with E-state index >= 15 is 0 Å². The average Bonchev–Trinajstić information content (AvgIpc) is 3.09. The van der Waals surface area contributed by atoms with Crippen LogP contribution in [0.4, 0.5) is 0 Å². The van der Waals surface area contributed by atoms with Crippen LogP contribution in [0.25, 0.3) is 6.08 Å². The minimum absolute atomic E-state index is 0.0887. The van der Waals surface area contributed by atoms with Crippen LogP contribution in [-0.4, -0.2) is 28.6 Å². The summed E-state index contributed by atoms with van der Waals surface area (Å²) in [6.45, 7) is 3.85. The SMILES string of the molecule is CCCC(=O)N=C1S/C(=C\c2cc(Cl)c(OCc3ccc(Cl)cc3)c(Cl)c2)C(O)=C1C(=O)OCC. The van der Waals surface area contributed by atoms with Gasteiger partial charge in [0.05, 0.1) is 21.6 Å². The van der Waals surface area contributed by atoms with Gasteiger partial charge in [0, 0.05) is 11.4 Å². The number of ether oxygens (including phenoxy) is 2. The van der Waals surface area contributed by atoms with E-state index in [1.165, 1.54) is 0 Å². The molecule has 2 aromatic rings. The summed E-state index contributed by atoms with van der Waals surface area (Å²) in [4.78, 5) is 28.8. The van der Waals surface area contributed by atoms with Crippen molar-refractivity contribution in [1.82, 2.24) is 0 Å². The van der Waals surface area contributed by atoms with E-state index in [9.17, 15) is 14.7 Å². The van der Waals surface area contributed by atoms with Crippen molar-refractivity contribution in [2.75, 3.05) is 6.61 Å². The van der Waals surface area contributed by atoms with Crippen LogP contribution in [0.1, 0.15) is 37.8 Å². The minimum Gasteiger partial charge on any atom is -0.506 e. The van der Waals surface area contributed by atoms with E-state index in [4.69, 9.17) is 44.3 Å². The number of halogens is 3. The molecule has 35 heavy (non-hydrogen) atoms. The quantitative estimate of drug-likeness (QED) is 0.342. The monoisotopic (exact) mass is 553 g/mol. The summed E-state index contributed by atoms with van der Waals surface area (Å²) in [6, 6.07) is 10.4. The number of hydrogen-bond acceptors (Lipinski definition) is 6. The van der Waals surface area contributed by atoms with Crippen molar-refractivity contribution < 1.29 is 24.2 Å². The third-order valence-electron chi connectivity index (χ3n) is 4.68. The molecule has 0 radical (unpaired) electrons. The number of rotatable bonds is 8. The third-order valence-corrected chi connectivity index (χ3v) is 6.51. The Morgan fingerprint density at radius 2 is 1.74 bits per heavy atom. The summed E-state index contributed by atoms with van der Waals surface area (Å²) < 4.78 is 10.8. The second-order valence-corrected chi connectivity index (χ2v) is 9.63. The molecule has 184 valence electrons. The van der Waals surface area contributed by atoms with Gasteiger partial charge >= 0.3 is 5.97 Å². The fraction of sp³-hybridized carbons (Fsp3) is 0.240. The lowest BCUT2D eigenvalue weighted by molar-refractivity contribution is -0.138. The molecule has 2 aromatic carbocycles. The highest BCUT2D eigenvalue weighted by Gasteiger charge is 2.33. The van der Waals surface area contributed by atoms with Gasteiger partial charge in [-0.2, -0.15) is 0 Å². The molecule has 0 spiro atoms. The second kappa shape index (κ2) is 12.5. The zero-order valence-electron chi connectivity index (χ0n) is 18.9. The van der Waals surface area contributed by atoms with Gasteiger partial charge in [0.15, 0.2) is 5.75 Å². The number of hydrogen-bond donors (Lipinski definition) is 1. The lowest BCUT2D eigenvalue weighted by atomic mass is 10.1. The summed E-state index contributed by atoms with van der Waals surface area (Å²) in [5.74, 6) is -1.17. The van der Waals surface area contributed by atoms with Crippen molar-refractivity contribution >= 4 is 69.6 Å². The highest BCUT2D eigenvalue weighted by molar-refractivity contribution is 8.18. The maximum absolute atomic E-state index is 12.4. The van der Waals surface area contributed by atoms with E-state index in [2.05, 4.69) is 4.99 Å².